The average Bonchev–Trinajstić information content (AvgIpc) is 2.79. The topological polar surface area (TPSA) is 52.7 Å². The molecule has 1 aliphatic heterocycles. The fourth-order valence-corrected chi connectivity index (χ4v) is 3.84. The number of hydrogen-bond acceptors (Lipinski definition) is 5. The molecule has 0 radical (unpaired) electrons. The largest absolute Gasteiger partial charge is 0.395 e. The molecule has 4 nitrogen and oxygen atoms in total. The Labute approximate surface area is 119 Å². The van der Waals surface area contributed by atoms with Crippen molar-refractivity contribution in [3.8, 4) is 0 Å². The Morgan fingerprint density at radius 3 is 2.84 bits per heavy atom. The molecule has 0 saturated carbocycles. The van der Waals surface area contributed by atoms with Crippen LogP contribution in [0, 0.1) is 0 Å². The third-order valence-corrected chi connectivity index (χ3v) is 4.71. The van der Waals surface area contributed by atoms with Gasteiger partial charge in [-0.3, -0.25) is 9.80 Å². The van der Waals surface area contributed by atoms with Crippen LogP contribution in [-0.2, 0) is 0 Å². The highest BCUT2D eigenvalue weighted by Crippen LogP contribution is 2.28. The maximum Gasteiger partial charge on any atom is 0.0591 e. The summed E-state index contributed by atoms with van der Waals surface area (Å²) < 4.78 is 0. The Morgan fingerprint density at radius 2 is 2.21 bits per heavy atom. The Kier molecular flexibility index (Phi) is 5.78. The van der Waals surface area contributed by atoms with Gasteiger partial charge in [-0.2, -0.15) is 0 Å². The van der Waals surface area contributed by atoms with E-state index in [-0.39, 0.29) is 12.6 Å². The van der Waals surface area contributed by atoms with E-state index in [0.29, 0.717) is 6.04 Å². The van der Waals surface area contributed by atoms with Crippen molar-refractivity contribution >= 4 is 11.3 Å². The second kappa shape index (κ2) is 7.36. The minimum absolute atomic E-state index is 0.142. The smallest absolute Gasteiger partial charge is 0.0591 e. The number of aliphatic hydroxyl groups excluding tert-OH is 1. The molecule has 2 atom stereocenters. The Bertz CT molecular complexity index is 356. The van der Waals surface area contributed by atoms with E-state index >= 15 is 0 Å². The molecule has 108 valence electrons. The van der Waals surface area contributed by atoms with Crippen molar-refractivity contribution < 1.29 is 5.11 Å². The molecule has 1 saturated heterocycles. The molecule has 2 rings (SSSR count). The molecule has 1 aliphatic rings. The lowest BCUT2D eigenvalue weighted by Crippen LogP contribution is -2.41. The number of β-amino-alcohol motifs (C(OH)–C–C–N with tert-alkyl or cyclic N) is 1. The molecule has 1 aromatic heterocycles. The van der Waals surface area contributed by atoms with E-state index in [9.17, 15) is 0 Å². The van der Waals surface area contributed by atoms with E-state index in [1.54, 1.807) is 11.3 Å². The van der Waals surface area contributed by atoms with Crippen molar-refractivity contribution in [2.75, 3.05) is 39.3 Å². The second-order valence-corrected chi connectivity index (χ2v) is 6.25. The fraction of sp³-hybridized carbons (Fsp3) is 0.714. The van der Waals surface area contributed by atoms with Gasteiger partial charge in [0.25, 0.3) is 0 Å². The highest BCUT2D eigenvalue weighted by Gasteiger charge is 2.26. The molecule has 0 aromatic carbocycles. The lowest BCUT2D eigenvalue weighted by molar-refractivity contribution is 0.171. The highest BCUT2D eigenvalue weighted by atomic mass is 32.1. The third kappa shape index (κ3) is 4.00. The zero-order valence-electron chi connectivity index (χ0n) is 11.7. The van der Waals surface area contributed by atoms with Crippen molar-refractivity contribution in [3.05, 3.63) is 22.4 Å². The van der Waals surface area contributed by atoms with Gasteiger partial charge in [-0.05, 0) is 31.3 Å². The molecule has 19 heavy (non-hydrogen) atoms. The monoisotopic (exact) mass is 283 g/mol. The minimum atomic E-state index is 0.142. The summed E-state index contributed by atoms with van der Waals surface area (Å²) in [5.74, 6) is 0. The summed E-state index contributed by atoms with van der Waals surface area (Å²) in [5, 5.41) is 11.2. The lowest BCUT2D eigenvalue weighted by Gasteiger charge is -2.32. The number of nitrogens with zero attached hydrogens (tertiary/aromatic N) is 2. The lowest BCUT2D eigenvalue weighted by atomic mass is 10.1. The van der Waals surface area contributed by atoms with E-state index in [1.165, 1.54) is 4.88 Å². The summed E-state index contributed by atoms with van der Waals surface area (Å²) in [5.41, 5.74) is 6.21. The Hall–Kier alpha value is -0.460. The summed E-state index contributed by atoms with van der Waals surface area (Å²) in [6.07, 6.45) is 1.15. The number of hydrogen-bond donors (Lipinski definition) is 2. The molecule has 5 heteroatoms. The molecule has 3 N–H and O–H groups in total. The molecule has 2 heterocycles. The first-order chi connectivity index (χ1) is 9.22. The average molecular weight is 283 g/mol. The molecular weight excluding hydrogens is 258 g/mol. The first-order valence-electron chi connectivity index (χ1n) is 7.08. The molecule has 0 spiro atoms. The zero-order chi connectivity index (χ0) is 13.7. The van der Waals surface area contributed by atoms with Crippen molar-refractivity contribution in [2.24, 2.45) is 5.73 Å². The Morgan fingerprint density at radius 1 is 1.37 bits per heavy atom. The third-order valence-electron chi connectivity index (χ3n) is 3.77. The normalized spacial score (nSPS) is 22.1. The second-order valence-electron chi connectivity index (χ2n) is 5.27. The summed E-state index contributed by atoms with van der Waals surface area (Å²) in [6.45, 7) is 7.36. The van der Waals surface area contributed by atoms with Gasteiger partial charge in [-0.25, -0.2) is 0 Å². The number of nitrogens with two attached hydrogens (primary N) is 1. The highest BCUT2D eigenvalue weighted by molar-refractivity contribution is 7.10. The zero-order valence-corrected chi connectivity index (χ0v) is 12.5. The molecule has 0 amide bonds. The van der Waals surface area contributed by atoms with Crippen LogP contribution in [0.4, 0.5) is 0 Å². The molecular formula is C14H25N3OS. The van der Waals surface area contributed by atoms with Gasteiger partial charge < -0.3 is 10.8 Å². The van der Waals surface area contributed by atoms with Crippen LogP contribution in [0.3, 0.4) is 0 Å². The number of aliphatic hydroxyl groups is 1. The van der Waals surface area contributed by atoms with Crippen LogP contribution in [0.2, 0.25) is 0 Å². The van der Waals surface area contributed by atoms with Gasteiger partial charge in [0.1, 0.15) is 0 Å². The summed E-state index contributed by atoms with van der Waals surface area (Å²) in [7, 11) is 0. The van der Waals surface area contributed by atoms with Gasteiger partial charge in [-0.15, -0.1) is 11.3 Å². The van der Waals surface area contributed by atoms with E-state index in [1.807, 2.05) is 0 Å². The van der Waals surface area contributed by atoms with Crippen molar-refractivity contribution in [1.29, 1.82) is 0 Å². The molecule has 2 unspecified atom stereocenters. The van der Waals surface area contributed by atoms with E-state index in [4.69, 9.17) is 10.8 Å². The molecule has 1 aromatic rings. The fourth-order valence-electron chi connectivity index (χ4n) is 2.87. The number of thiophene rings is 1. The minimum Gasteiger partial charge on any atom is -0.395 e. The summed E-state index contributed by atoms with van der Waals surface area (Å²) in [4.78, 5) is 6.21. The summed E-state index contributed by atoms with van der Waals surface area (Å²) in [6, 6.07) is 4.76. The molecule has 0 bridgehead atoms. The first-order valence-corrected chi connectivity index (χ1v) is 7.96. The maximum atomic E-state index is 9.05. The van der Waals surface area contributed by atoms with Crippen molar-refractivity contribution in [1.82, 2.24) is 9.80 Å². The van der Waals surface area contributed by atoms with Crippen molar-refractivity contribution in [2.45, 2.75) is 25.4 Å². The van der Waals surface area contributed by atoms with Crippen molar-refractivity contribution in [3.63, 3.8) is 0 Å². The standard InChI is InChI=1S/C14H25N3OS/c1-12(15)14(13-4-2-11-19-13)17-6-3-5-16(7-8-17)9-10-18/h2,4,11-12,14,18H,3,5-10,15H2,1H3. The van der Waals surface area contributed by atoms with Gasteiger partial charge in [0.05, 0.1) is 12.6 Å². The van der Waals surface area contributed by atoms with E-state index < -0.39 is 0 Å². The van der Waals surface area contributed by atoms with Crippen LogP contribution >= 0.6 is 11.3 Å². The first kappa shape index (κ1) is 14.9. The van der Waals surface area contributed by atoms with Crippen LogP contribution < -0.4 is 5.73 Å². The van der Waals surface area contributed by atoms with Crippen LogP contribution in [-0.4, -0.2) is 60.3 Å². The van der Waals surface area contributed by atoms with Gasteiger partial charge in [-0.1, -0.05) is 6.07 Å². The van der Waals surface area contributed by atoms with Gasteiger partial charge in [0.15, 0.2) is 0 Å². The summed E-state index contributed by atoms with van der Waals surface area (Å²) >= 11 is 1.80. The SMILES string of the molecule is CC(N)C(c1cccs1)N1CCCN(CCO)CC1. The molecule has 0 aliphatic carbocycles. The quantitative estimate of drug-likeness (QED) is 0.851. The Balaban J connectivity index is 2.02. The van der Waals surface area contributed by atoms with Crippen LogP contribution in [0.5, 0.6) is 0 Å². The van der Waals surface area contributed by atoms with Gasteiger partial charge in [0, 0.05) is 37.1 Å². The van der Waals surface area contributed by atoms with Gasteiger partial charge >= 0.3 is 0 Å². The van der Waals surface area contributed by atoms with E-state index in [0.717, 1.165) is 39.1 Å². The predicted octanol–water partition coefficient (Wildman–Crippen LogP) is 1.14. The van der Waals surface area contributed by atoms with Gasteiger partial charge in [0.2, 0.25) is 0 Å². The van der Waals surface area contributed by atoms with Crippen LogP contribution in [0.25, 0.3) is 0 Å². The number of rotatable bonds is 5. The maximum absolute atomic E-state index is 9.05. The van der Waals surface area contributed by atoms with E-state index in [2.05, 4.69) is 34.2 Å². The molecule has 1 fully saturated rings. The van der Waals surface area contributed by atoms with Crippen LogP contribution in [0.15, 0.2) is 17.5 Å². The van der Waals surface area contributed by atoms with Crippen LogP contribution in [0.1, 0.15) is 24.3 Å². The predicted molar refractivity (Wildman–Crippen MR) is 80.4 cm³/mol.